The number of nitrogens with zero attached hydrogens (tertiary/aromatic N) is 9. The van der Waals surface area contributed by atoms with Gasteiger partial charge in [0.1, 0.15) is 11.6 Å². The Labute approximate surface area is 318 Å². The molecule has 4 unspecified atom stereocenters. The van der Waals surface area contributed by atoms with Crippen LogP contribution in [-0.4, -0.2) is 65.0 Å². The van der Waals surface area contributed by atoms with Gasteiger partial charge in [-0.25, -0.2) is 0 Å². The number of rotatable bonds is 7. The van der Waals surface area contributed by atoms with E-state index in [1.807, 2.05) is 163 Å². The molecular weight excluding hydrogens is 687 g/mol. The third kappa shape index (κ3) is 5.95. The summed E-state index contributed by atoms with van der Waals surface area (Å²) in [6, 6.07) is 36.1. The van der Waals surface area contributed by atoms with Crippen LogP contribution < -0.4 is 0 Å². The molecule has 4 aromatic carbocycles. The van der Waals surface area contributed by atoms with Crippen LogP contribution in [0.5, 0.6) is 0 Å². The van der Waals surface area contributed by atoms with Crippen LogP contribution in [0.4, 0.5) is 0 Å². The number of carbonyl (C=O) groups is 1. The van der Waals surface area contributed by atoms with Gasteiger partial charge in [0.15, 0.2) is 24.0 Å². The zero-order valence-electron chi connectivity index (χ0n) is 30.5. The summed E-state index contributed by atoms with van der Waals surface area (Å²) in [6.45, 7) is 3.82. The number of aromatic nitrogens is 6. The summed E-state index contributed by atoms with van der Waals surface area (Å²) in [5, 5.41) is 18.6. The molecule has 4 atom stereocenters. The molecular formula is C44H37N9O2. The molecule has 0 spiro atoms. The van der Waals surface area contributed by atoms with Crippen LogP contribution in [0, 0.1) is 19.8 Å². The van der Waals surface area contributed by atoms with Crippen molar-refractivity contribution in [1.82, 2.24) is 34.4 Å². The molecule has 0 saturated heterocycles. The van der Waals surface area contributed by atoms with Gasteiger partial charge in [-0.3, -0.25) is 28.8 Å². The van der Waals surface area contributed by atoms with Crippen molar-refractivity contribution in [2.24, 2.45) is 15.9 Å². The number of hydrogen-bond donors (Lipinski definition) is 0. The van der Waals surface area contributed by atoms with E-state index in [0.29, 0.717) is 34.7 Å². The lowest BCUT2D eigenvalue weighted by atomic mass is 9.97. The van der Waals surface area contributed by atoms with Gasteiger partial charge in [-0.2, -0.15) is 0 Å². The van der Waals surface area contributed by atoms with Crippen molar-refractivity contribution in [2.45, 2.75) is 32.3 Å². The highest BCUT2D eigenvalue weighted by Gasteiger charge is 2.42. The van der Waals surface area contributed by atoms with Gasteiger partial charge in [-0.05, 0) is 32.1 Å². The molecule has 1 amide bonds. The molecule has 4 heterocycles. The van der Waals surface area contributed by atoms with E-state index in [2.05, 4.69) is 10.2 Å². The highest BCUT2D eigenvalue weighted by Crippen LogP contribution is 2.40. The van der Waals surface area contributed by atoms with E-state index in [1.165, 1.54) is 0 Å². The Balaban J connectivity index is 1.33. The van der Waals surface area contributed by atoms with Crippen LogP contribution in [0.2, 0.25) is 0 Å². The van der Waals surface area contributed by atoms with E-state index >= 15 is 4.79 Å². The zero-order chi connectivity index (χ0) is 37.5. The molecule has 11 nitrogen and oxygen atoms in total. The van der Waals surface area contributed by atoms with Crippen molar-refractivity contribution in [3.8, 4) is 11.4 Å². The minimum Gasteiger partial charge on any atom is -0.376 e. The lowest BCUT2D eigenvalue weighted by Gasteiger charge is -2.32. The van der Waals surface area contributed by atoms with Gasteiger partial charge >= 0.3 is 0 Å². The maximum absolute atomic E-state index is 15.4. The normalized spacial score (nSPS) is 19.7. The largest absolute Gasteiger partial charge is 0.376 e. The first-order valence-corrected chi connectivity index (χ1v) is 18.2. The molecule has 2 aliphatic heterocycles. The number of fused-ring (bicyclic) bond motifs is 6. The van der Waals surface area contributed by atoms with Crippen LogP contribution in [0.1, 0.15) is 57.9 Å². The predicted molar refractivity (Wildman–Crippen MR) is 210 cm³/mol. The first kappa shape index (κ1) is 34.0. The number of amides is 1. The lowest BCUT2D eigenvalue weighted by molar-refractivity contribution is -0.131. The van der Waals surface area contributed by atoms with Crippen molar-refractivity contribution in [3.05, 3.63) is 191 Å². The van der Waals surface area contributed by atoms with Crippen molar-refractivity contribution < 1.29 is 9.53 Å². The summed E-state index contributed by atoms with van der Waals surface area (Å²) in [5.41, 5.74) is 6.66. The fraction of sp³-hybridized carbons (Fsp3) is 0.159. The van der Waals surface area contributed by atoms with Crippen molar-refractivity contribution >= 4 is 17.3 Å². The minimum atomic E-state index is -1.02. The maximum atomic E-state index is 15.4. The van der Waals surface area contributed by atoms with Gasteiger partial charge in [0, 0.05) is 35.3 Å². The molecule has 11 heteroatoms. The summed E-state index contributed by atoms with van der Waals surface area (Å²) >= 11 is 0. The third-order valence-electron chi connectivity index (χ3n) is 10.2. The van der Waals surface area contributed by atoms with Crippen LogP contribution in [0.3, 0.4) is 0 Å². The topological polar surface area (TPSA) is 116 Å². The molecule has 0 radical (unpaired) electrons. The Morgan fingerprint density at radius 1 is 0.636 bits per heavy atom. The van der Waals surface area contributed by atoms with E-state index in [-0.39, 0.29) is 17.9 Å². The summed E-state index contributed by atoms with van der Waals surface area (Å²) < 4.78 is 9.73. The van der Waals surface area contributed by atoms with E-state index in [4.69, 9.17) is 24.9 Å². The Morgan fingerprint density at radius 3 is 1.62 bits per heavy atom. The Bertz CT molecular complexity index is 2410. The molecule has 6 aromatic rings. The van der Waals surface area contributed by atoms with Gasteiger partial charge < -0.3 is 4.74 Å². The molecule has 0 fully saturated rings. The first-order chi connectivity index (χ1) is 27.0. The van der Waals surface area contributed by atoms with E-state index in [0.717, 1.165) is 33.6 Å². The van der Waals surface area contributed by atoms with Crippen LogP contribution >= 0.6 is 0 Å². The van der Waals surface area contributed by atoms with Crippen molar-refractivity contribution in [3.63, 3.8) is 0 Å². The molecule has 2 aromatic heterocycles. The number of hydrogen-bond acceptors (Lipinski definition) is 8. The Kier molecular flexibility index (Phi) is 8.75. The first-order valence-electron chi connectivity index (χ1n) is 18.2. The van der Waals surface area contributed by atoms with Gasteiger partial charge in [0.05, 0.1) is 28.9 Å². The van der Waals surface area contributed by atoms with Gasteiger partial charge in [-0.1, -0.05) is 127 Å². The summed E-state index contributed by atoms with van der Waals surface area (Å²) in [5.74, 6) is 1.71. The van der Waals surface area contributed by atoms with Crippen LogP contribution in [-0.2, 0) is 9.53 Å². The summed E-state index contributed by atoms with van der Waals surface area (Å²) in [4.78, 5) is 28.1. The standard InChI is InChI=1S/C44H37N9O2/c1-28-47-49-43-41(45-39(31-17-6-4-7-18-31)33-21-11-13-23-35(33)51(28)43)53(38(54)27-26-30-16-10-15-25-37(30)55-3)42-44-50-48-29(2)52(44)36-24-14-12-22-34(36)40(46-42)32-19-8-5-9-20-32/h4-27,30,37,41-42H,1-3H3/b27-26+. The van der Waals surface area contributed by atoms with Crippen LogP contribution in [0.15, 0.2) is 156 Å². The lowest BCUT2D eigenvalue weighted by Crippen LogP contribution is -2.38. The fourth-order valence-electron chi connectivity index (χ4n) is 7.62. The number of ether oxygens (including phenoxy) is 1. The Hall–Kier alpha value is -6.85. The van der Waals surface area contributed by atoms with E-state index in [9.17, 15) is 0 Å². The molecule has 0 saturated carbocycles. The highest BCUT2D eigenvalue weighted by molar-refractivity contribution is 6.16. The SMILES string of the molecule is COC1C=CC=CC1/C=C/C(=O)N(C1N=C(c2ccccc2)c2ccccc2-n2c(C)nnc21)C1N=C(c2ccccc2)c2ccccc2-n2c(C)nnc21. The summed E-state index contributed by atoms with van der Waals surface area (Å²) in [6.07, 6.45) is 9.10. The fourth-order valence-corrected chi connectivity index (χ4v) is 7.62. The quantitative estimate of drug-likeness (QED) is 0.164. The third-order valence-corrected chi connectivity index (χ3v) is 10.2. The monoisotopic (exact) mass is 723 g/mol. The number of carbonyl (C=O) groups excluding carboxylic acids is 1. The predicted octanol–water partition coefficient (Wildman–Crippen LogP) is 7.01. The average molecular weight is 724 g/mol. The minimum absolute atomic E-state index is 0.180. The molecule has 270 valence electrons. The number of allylic oxidation sites excluding steroid dienone is 2. The highest BCUT2D eigenvalue weighted by atomic mass is 16.5. The number of methoxy groups -OCH3 is 1. The van der Waals surface area contributed by atoms with Gasteiger partial charge in [-0.15, -0.1) is 20.4 Å². The number of aryl methyl sites for hydroxylation is 2. The molecule has 0 N–H and O–H groups in total. The molecule has 1 aliphatic carbocycles. The molecule has 9 rings (SSSR count). The zero-order valence-corrected chi connectivity index (χ0v) is 30.5. The van der Waals surface area contributed by atoms with E-state index < -0.39 is 12.3 Å². The Morgan fingerprint density at radius 2 is 1.11 bits per heavy atom. The summed E-state index contributed by atoms with van der Waals surface area (Å²) in [7, 11) is 1.67. The van der Waals surface area contributed by atoms with Crippen molar-refractivity contribution in [1.29, 1.82) is 0 Å². The van der Waals surface area contributed by atoms with Gasteiger partial charge in [0.25, 0.3) is 0 Å². The van der Waals surface area contributed by atoms with Crippen molar-refractivity contribution in [2.75, 3.05) is 7.11 Å². The second-order valence-electron chi connectivity index (χ2n) is 13.5. The molecule has 55 heavy (non-hydrogen) atoms. The number of para-hydroxylation sites is 2. The number of benzene rings is 4. The van der Waals surface area contributed by atoms with Crippen LogP contribution in [0.25, 0.3) is 11.4 Å². The second-order valence-corrected chi connectivity index (χ2v) is 13.5. The average Bonchev–Trinajstić information content (AvgIpc) is 3.72. The van der Waals surface area contributed by atoms with E-state index in [1.54, 1.807) is 18.1 Å². The number of aliphatic imine (C=N–C) groups is 2. The van der Waals surface area contributed by atoms with Gasteiger partial charge in [0.2, 0.25) is 5.91 Å². The molecule has 0 bridgehead atoms. The molecule has 3 aliphatic rings. The maximum Gasteiger partial charge on any atom is 0.250 e. The smallest absolute Gasteiger partial charge is 0.250 e. The second kappa shape index (κ2) is 14.2.